The van der Waals surface area contributed by atoms with Crippen molar-refractivity contribution < 1.29 is 28.9 Å². The number of Topliss-reactive ketones (excluding diaryl/α,β-unsaturated/α-hetero) is 1. The van der Waals surface area contributed by atoms with Gasteiger partial charge in [0.25, 0.3) is 11.7 Å². The van der Waals surface area contributed by atoms with Crippen molar-refractivity contribution in [1.29, 1.82) is 0 Å². The minimum atomic E-state index is -0.973. The molecule has 1 unspecified atom stereocenters. The van der Waals surface area contributed by atoms with E-state index in [4.69, 9.17) is 37.4 Å². The zero-order chi connectivity index (χ0) is 28.4. The number of hydrogen-bond acceptors (Lipinski definition) is 6. The molecule has 1 atom stereocenters. The van der Waals surface area contributed by atoms with Crippen LogP contribution in [0.2, 0.25) is 10.0 Å². The van der Waals surface area contributed by atoms with E-state index in [0.29, 0.717) is 29.5 Å². The Morgan fingerprint density at radius 3 is 2.28 bits per heavy atom. The maximum Gasteiger partial charge on any atom is 0.300 e. The molecule has 1 N–H and O–H groups in total. The number of anilines is 1. The number of amides is 1. The Bertz CT molecular complexity index is 1450. The molecule has 0 aromatic heterocycles. The zero-order valence-corrected chi connectivity index (χ0v) is 23.8. The molecule has 3 aromatic carbocycles. The van der Waals surface area contributed by atoms with Gasteiger partial charge in [-0.3, -0.25) is 14.5 Å². The topological polar surface area (TPSA) is 85.3 Å². The molecule has 3 aromatic rings. The van der Waals surface area contributed by atoms with Crippen LogP contribution in [-0.2, 0) is 9.59 Å². The summed E-state index contributed by atoms with van der Waals surface area (Å²) < 4.78 is 16.6. The van der Waals surface area contributed by atoms with Crippen molar-refractivity contribution in [2.24, 2.45) is 5.92 Å². The zero-order valence-electron chi connectivity index (χ0n) is 22.2. The van der Waals surface area contributed by atoms with Gasteiger partial charge in [0.05, 0.1) is 43.0 Å². The first-order chi connectivity index (χ1) is 18.6. The molecule has 204 valence electrons. The van der Waals surface area contributed by atoms with Crippen molar-refractivity contribution in [2.45, 2.75) is 26.8 Å². The lowest BCUT2D eigenvalue weighted by molar-refractivity contribution is -0.132. The van der Waals surface area contributed by atoms with Gasteiger partial charge in [0.2, 0.25) is 0 Å². The molecule has 0 spiro atoms. The first-order valence-electron chi connectivity index (χ1n) is 12.3. The normalized spacial score (nSPS) is 16.6. The van der Waals surface area contributed by atoms with Crippen molar-refractivity contribution in [3.8, 4) is 17.2 Å². The number of ketones is 1. The average molecular weight is 570 g/mol. The molecule has 1 heterocycles. The lowest BCUT2D eigenvalue weighted by Gasteiger charge is -2.26. The van der Waals surface area contributed by atoms with Gasteiger partial charge in [0, 0.05) is 5.69 Å². The van der Waals surface area contributed by atoms with Crippen molar-refractivity contribution in [2.75, 3.05) is 25.7 Å². The number of carbonyl (C=O) groups is 2. The number of aliphatic hydroxyl groups excluding tert-OH is 1. The van der Waals surface area contributed by atoms with E-state index in [1.807, 2.05) is 32.9 Å². The van der Waals surface area contributed by atoms with Crippen LogP contribution in [0.15, 0.2) is 60.2 Å². The molecule has 1 amide bonds. The lowest BCUT2D eigenvalue weighted by atomic mass is 9.94. The van der Waals surface area contributed by atoms with Crippen molar-refractivity contribution in [3.05, 3.63) is 86.9 Å². The third kappa shape index (κ3) is 5.42. The molecule has 1 fully saturated rings. The van der Waals surface area contributed by atoms with Gasteiger partial charge in [-0.25, -0.2) is 0 Å². The summed E-state index contributed by atoms with van der Waals surface area (Å²) in [5, 5.41) is 11.7. The number of aryl methyl sites for hydroxylation is 1. The number of ether oxygens (including phenoxy) is 3. The summed E-state index contributed by atoms with van der Waals surface area (Å²) >= 11 is 12.8. The van der Waals surface area contributed by atoms with E-state index in [2.05, 4.69) is 0 Å². The summed E-state index contributed by atoms with van der Waals surface area (Å²) in [7, 11) is 2.76. The molecular weight excluding hydrogens is 541 g/mol. The van der Waals surface area contributed by atoms with Gasteiger partial charge in [-0.2, -0.15) is 0 Å². The third-order valence-corrected chi connectivity index (χ3v) is 6.93. The molecule has 1 saturated heterocycles. The van der Waals surface area contributed by atoms with Crippen LogP contribution in [0.4, 0.5) is 5.69 Å². The number of benzene rings is 3. The summed E-state index contributed by atoms with van der Waals surface area (Å²) in [4.78, 5) is 28.5. The average Bonchev–Trinajstić information content (AvgIpc) is 3.18. The van der Waals surface area contributed by atoms with E-state index in [1.54, 1.807) is 36.4 Å². The van der Waals surface area contributed by atoms with Crippen molar-refractivity contribution >= 4 is 46.3 Å². The Balaban J connectivity index is 1.97. The number of carbonyl (C=O) groups excluding carboxylic acids is 2. The SMILES string of the molecule is COc1c(Cl)cc(/C(O)=C2\C(=O)C(=O)N(c3ccc(C)cc3)C2c2cccc(OCC(C)C)c2)c(OC)c1Cl. The van der Waals surface area contributed by atoms with Crippen LogP contribution < -0.4 is 19.1 Å². The molecule has 0 saturated carbocycles. The summed E-state index contributed by atoms with van der Waals surface area (Å²) in [6.07, 6.45) is 0. The summed E-state index contributed by atoms with van der Waals surface area (Å²) in [5.74, 6) is -1.07. The van der Waals surface area contributed by atoms with Gasteiger partial charge in [-0.15, -0.1) is 0 Å². The molecule has 7 nitrogen and oxygen atoms in total. The number of hydrogen-bond donors (Lipinski definition) is 1. The van der Waals surface area contributed by atoms with Crippen LogP contribution in [0, 0.1) is 12.8 Å². The summed E-state index contributed by atoms with van der Waals surface area (Å²) in [5.41, 5.74) is 1.97. The second-order valence-electron chi connectivity index (χ2n) is 9.57. The van der Waals surface area contributed by atoms with E-state index in [-0.39, 0.29) is 32.7 Å². The highest BCUT2D eigenvalue weighted by atomic mass is 35.5. The predicted octanol–water partition coefficient (Wildman–Crippen LogP) is 6.98. The van der Waals surface area contributed by atoms with E-state index < -0.39 is 23.5 Å². The number of aliphatic hydroxyl groups is 1. The summed E-state index contributed by atoms with van der Waals surface area (Å²) in [6, 6.07) is 14.7. The number of halogens is 2. The fourth-order valence-electron chi connectivity index (χ4n) is 4.45. The van der Waals surface area contributed by atoms with Gasteiger partial charge in [-0.1, -0.05) is 66.9 Å². The van der Waals surface area contributed by atoms with Crippen LogP contribution in [0.25, 0.3) is 5.76 Å². The monoisotopic (exact) mass is 569 g/mol. The molecular formula is C30H29Cl2NO6. The molecule has 1 aliphatic heterocycles. The first kappa shape index (κ1) is 28.3. The Kier molecular flexibility index (Phi) is 8.42. The highest BCUT2D eigenvalue weighted by Crippen LogP contribution is 2.48. The van der Waals surface area contributed by atoms with Gasteiger partial charge < -0.3 is 19.3 Å². The van der Waals surface area contributed by atoms with E-state index in [0.717, 1.165) is 5.56 Å². The maximum absolute atomic E-state index is 13.6. The largest absolute Gasteiger partial charge is 0.507 e. The van der Waals surface area contributed by atoms with Crippen LogP contribution in [0.3, 0.4) is 0 Å². The van der Waals surface area contributed by atoms with Crippen LogP contribution in [0.1, 0.15) is 36.6 Å². The number of methoxy groups -OCH3 is 2. The fourth-order valence-corrected chi connectivity index (χ4v) is 5.14. The van der Waals surface area contributed by atoms with E-state index >= 15 is 0 Å². The minimum absolute atomic E-state index is 0.0162. The fraction of sp³-hybridized carbons (Fsp3) is 0.267. The highest BCUT2D eigenvalue weighted by molar-refractivity contribution is 6.52. The number of nitrogens with zero attached hydrogens (tertiary/aromatic N) is 1. The second-order valence-corrected chi connectivity index (χ2v) is 10.4. The molecule has 0 radical (unpaired) electrons. The Labute approximate surface area is 237 Å². The molecule has 9 heteroatoms. The van der Waals surface area contributed by atoms with Gasteiger partial charge in [0.15, 0.2) is 11.5 Å². The molecule has 0 bridgehead atoms. The van der Waals surface area contributed by atoms with Crippen molar-refractivity contribution in [3.63, 3.8) is 0 Å². The number of rotatable bonds is 8. The Hall–Kier alpha value is -3.68. The van der Waals surface area contributed by atoms with Gasteiger partial charge in [-0.05, 0) is 48.7 Å². The Morgan fingerprint density at radius 1 is 1.00 bits per heavy atom. The second kappa shape index (κ2) is 11.6. The maximum atomic E-state index is 13.6. The molecule has 1 aliphatic rings. The molecule has 39 heavy (non-hydrogen) atoms. The standard InChI is InChI=1S/C30H29Cl2NO6/c1-16(2)15-39-20-8-6-7-18(13-20)25-23(27(35)30(36)33(25)19-11-9-17(3)10-12-19)26(34)21-14-22(31)29(38-5)24(32)28(21)37-4/h6-14,16,25,34H,15H2,1-5H3/b26-23+. The van der Waals surface area contributed by atoms with E-state index in [9.17, 15) is 14.7 Å². The van der Waals surface area contributed by atoms with Gasteiger partial charge >= 0.3 is 0 Å². The lowest BCUT2D eigenvalue weighted by Crippen LogP contribution is -2.29. The minimum Gasteiger partial charge on any atom is -0.507 e. The van der Waals surface area contributed by atoms with Crippen LogP contribution in [0.5, 0.6) is 17.2 Å². The van der Waals surface area contributed by atoms with Gasteiger partial charge in [0.1, 0.15) is 16.5 Å². The molecule has 4 rings (SSSR count). The van der Waals surface area contributed by atoms with Crippen LogP contribution >= 0.6 is 23.2 Å². The predicted molar refractivity (Wildman–Crippen MR) is 152 cm³/mol. The first-order valence-corrected chi connectivity index (χ1v) is 13.0. The van der Waals surface area contributed by atoms with E-state index in [1.165, 1.54) is 25.2 Å². The van der Waals surface area contributed by atoms with Crippen molar-refractivity contribution in [1.82, 2.24) is 0 Å². The highest BCUT2D eigenvalue weighted by Gasteiger charge is 2.47. The quantitative estimate of drug-likeness (QED) is 0.179. The smallest absolute Gasteiger partial charge is 0.300 e. The molecule has 0 aliphatic carbocycles. The van der Waals surface area contributed by atoms with Crippen LogP contribution in [-0.4, -0.2) is 37.6 Å². The third-order valence-electron chi connectivity index (χ3n) is 6.31. The Morgan fingerprint density at radius 2 is 1.67 bits per heavy atom. The summed E-state index contributed by atoms with van der Waals surface area (Å²) in [6.45, 7) is 6.49.